The van der Waals surface area contributed by atoms with Crippen LogP contribution in [0.15, 0.2) is 60.7 Å². The number of hydrogen-bond donors (Lipinski definition) is 1. The van der Waals surface area contributed by atoms with Crippen LogP contribution < -0.4 is 10.1 Å². The highest BCUT2D eigenvalue weighted by Crippen LogP contribution is 2.18. The summed E-state index contributed by atoms with van der Waals surface area (Å²) < 4.78 is 5.78. The van der Waals surface area contributed by atoms with Crippen LogP contribution in [0.2, 0.25) is 0 Å². The summed E-state index contributed by atoms with van der Waals surface area (Å²) in [6.07, 6.45) is 0.409. The van der Waals surface area contributed by atoms with Crippen LogP contribution in [0.25, 0.3) is 0 Å². The number of benzene rings is 2. The molecule has 1 aliphatic rings. The molecule has 6 nitrogen and oxygen atoms in total. The van der Waals surface area contributed by atoms with Crippen LogP contribution in [0.3, 0.4) is 0 Å². The Labute approximate surface area is 185 Å². The zero-order valence-electron chi connectivity index (χ0n) is 18.5. The number of rotatable bonds is 9. The molecule has 2 aromatic carbocycles. The van der Waals surface area contributed by atoms with Crippen LogP contribution in [0.5, 0.6) is 5.75 Å². The molecule has 31 heavy (non-hydrogen) atoms. The van der Waals surface area contributed by atoms with Gasteiger partial charge in [0.15, 0.2) is 0 Å². The van der Waals surface area contributed by atoms with Crippen molar-refractivity contribution in [3.05, 3.63) is 66.2 Å². The van der Waals surface area contributed by atoms with Crippen LogP contribution in [-0.2, 0) is 9.59 Å². The summed E-state index contributed by atoms with van der Waals surface area (Å²) >= 11 is 0. The van der Waals surface area contributed by atoms with Crippen LogP contribution in [0.4, 0.5) is 0 Å². The molecule has 1 aliphatic heterocycles. The first kappa shape index (κ1) is 22.8. The fourth-order valence-corrected chi connectivity index (χ4v) is 3.71. The monoisotopic (exact) mass is 423 g/mol. The van der Waals surface area contributed by atoms with E-state index in [1.54, 1.807) is 0 Å². The molecule has 2 aromatic rings. The van der Waals surface area contributed by atoms with Gasteiger partial charge in [0.05, 0.1) is 0 Å². The first-order valence-corrected chi connectivity index (χ1v) is 11.1. The van der Waals surface area contributed by atoms with Gasteiger partial charge in [-0.1, -0.05) is 62.4 Å². The molecule has 1 saturated heterocycles. The third-order valence-electron chi connectivity index (χ3n) is 5.38. The molecule has 0 spiro atoms. The average Bonchev–Trinajstić information content (AvgIpc) is 2.78. The number of amides is 2. The predicted molar refractivity (Wildman–Crippen MR) is 122 cm³/mol. The van der Waals surface area contributed by atoms with E-state index in [2.05, 4.69) is 10.2 Å². The third-order valence-corrected chi connectivity index (χ3v) is 5.38. The molecule has 6 heteroatoms. The quantitative estimate of drug-likeness (QED) is 0.673. The third kappa shape index (κ3) is 7.10. The lowest BCUT2D eigenvalue weighted by Crippen LogP contribution is -2.52. The molecular formula is C25H33N3O3. The topological polar surface area (TPSA) is 61.9 Å². The number of carbonyl (C=O) groups excluding carboxylic acids is 2. The highest BCUT2D eigenvalue weighted by Gasteiger charge is 2.29. The Morgan fingerprint density at radius 3 is 2.16 bits per heavy atom. The van der Waals surface area contributed by atoms with E-state index in [1.165, 1.54) is 0 Å². The molecule has 3 rings (SSSR count). The number of nitrogens with zero attached hydrogens (tertiary/aromatic N) is 2. The fraction of sp³-hybridized carbons (Fsp3) is 0.440. The van der Waals surface area contributed by atoms with Gasteiger partial charge in [-0.3, -0.25) is 14.5 Å². The summed E-state index contributed by atoms with van der Waals surface area (Å²) in [4.78, 5) is 29.9. The van der Waals surface area contributed by atoms with Crippen LogP contribution in [-0.4, -0.2) is 60.9 Å². The van der Waals surface area contributed by atoms with Gasteiger partial charge >= 0.3 is 0 Å². The maximum absolute atomic E-state index is 13.3. The van der Waals surface area contributed by atoms with Crippen LogP contribution >= 0.6 is 0 Å². The van der Waals surface area contributed by atoms with Crippen molar-refractivity contribution in [2.24, 2.45) is 5.92 Å². The molecule has 1 atom stereocenters. The van der Waals surface area contributed by atoms with Crippen molar-refractivity contribution in [2.45, 2.75) is 26.3 Å². The zero-order valence-corrected chi connectivity index (χ0v) is 18.5. The number of hydrogen-bond acceptors (Lipinski definition) is 4. The Bertz CT molecular complexity index is 818. The molecule has 2 amide bonds. The van der Waals surface area contributed by atoms with Crippen molar-refractivity contribution in [3.8, 4) is 5.75 Å². The van der Waals surface area contributed by atoms with Crippen molar-refractivity contribution >= 4 is 11.8 Å². The summed E-state index contributed by atoms with van der Waals surface area (Å²) in [6, 6.07) is 18.7. The summed E-state index contributed by atoms with van der Waals surface area (Å²) in [6.45, 7) is 8.33. The number of ether oxygens (including phenoxy) is 1. The Morgan fingerprint density at radius 2 is 1.55 bits per heavy atom. The number of piperazine rings is 1. The second kappa shape index (κ2) is 11.5. The lowest BCUT2D eigenvalue weighted by atomic mass is 10.0. The Kier molecular flexibility index (Phi) is 8.47. The summed E-state index contributed by atoms with van der Waals surface area (Å²) in [5.41, 5.74) is 0.822. The van der Waals surface area contributed by atoms with Gasteiger partial charge in [0.1, 0.15) is 18.4 Å². The van der Waals surface area contributed by atoms with E-state index in [4.69, 9.17) is 4.74 Å². The van der Waals surface area contributed by atoms with E-state index < -0.39 is 6.04 Å². The highest BCUT2D eigenvalue weighted by atomic mass is 16.5. The van der Waals surface area contributed by atoms with Crippen molar-refractivity contribution in [1.29, 1.82) is 0 Å². The van der Waals surface area contributed by atoms with Gasteiger partial charge in [-0.2, -0.15) is 0 Å². The largest absolute Gasteiger partial charge is 0.492 e. The standard InChI is InChI=1S/C25H33N3O3/c1-20(2)19-23(29)26-24(21-9-5-3-6-10-21)25(30)28-15-13-27(14-16-28)17-18-31-22-11-7-4-8-12-22/h3-12,20,24H,13-19H2,1-2H3,(H,26,29). The second-order valence-electron chi connectivity index (χ2n) is 8.34. The van der Waals surface area contributed by atoms with E-state index in [9.17, 15) is 9.59 Å². The minimum Gasteiger partial charge on any atom is -0.492 e. The molecule has 1 heterocycles. The van der Waals surface area contributed by atoms with Crippen molar-refractivity contribution in [3.63, 3.8) is 0 Å². The smallest absolute Gasteiger partial charge is 0.249 e. The summed E-state index contributed by atoms with van der Waals surface area (Å²) in [5, 5.41) is 2.96. The van der Waals surface area contributed by atoms with Gasteiger partial charge in [0.2, 0.25) is 11.8 Å². The number of nitrogens with one attached hydrogen (secondary N) is 1. The first-order chi connectivity index (χ1) is 15.0. The molecule has 0 saturated carbocycles. The Hall–Kier alpha value is -2.86. The molecule has 0 radical (unpaired) electrons. The van der Waals surface area contributed by atoms with Crippen LogP contribution in [0, 0.1) is 5.92 Å². The average molecular weight is 424 g/mol. The molecule has 0 aromatic heterocycles. The van der Waals surface area contributed by atoms with E-state index in [0.29, 0.717) is 26.1 Å². The molecule has 1 fully saturated rings. The van der Waals surface area contributed by atoms with Gasteiger partial charge < -0.3 is 15.0 Å². The Balaban J connectivity index is 1.53. The summed E-state index contributed by atoms with van der Waals surface area (Å²) in [5.74, 6) is 0.990. The fourth-order valence-electron chi connectivity index (χ4n) is 3.71. The van der Waals surface area contributed by atoms with Crippen molar-refractivity contribution < 1.29 is 14.3 Å². The van der Waals surface area contributed by atoms with Gasteiger partial charge in [0.25, 0.3) is 0 Å². The highest BCUT2D eigenvalue weighted by molar-refractivity contribution is 5.88. The van der Waals surface area contributed by atoms with E-state index in [-0.39, 0.29) is 17.7 Å². The van der Waals surface area contributed by atoms with Gasteiger partial charge in [0, 0.05) is 39.1 Å². The molecule has 1 N–H and O–H groups in total. The minimum atomic E-state index is -0.639. The number of carbonyl (C=O) groups is 2. The van der Waals surface area contributed by atoms with Gasteiger partial charge in [-0.05, 0) is 23.6 Å². The lowest BCUT2D eigenvalue weighted by molar-refractivity contribution is -0.138. The minimum absolute atomic E-state index is 0.0384. The van der Waals surface area contributed by atoms with Crippen molar-refractivity contribution in [2.75, 3.05) is 39.3 Å². The Morgan fingerprint density at radius 1 is 0.935 bits per heavy atom. The lowest BCUT2D eigenvalue weighted by Gasteiger charge is -2.36. The molecule has 0 aliphatic carbocycles. The van der Waals surface area contributed by atoms with Crippen molar-refractivity contribution in [1.82, 2.24) is 15.1 Å². The summed E-state index contributed by atoms with van der Waals surface area (Å²) in [7, 11) is 0. The van der Waals surface area contributed by atoms with Gasteiger partial charge in [-0.25, -0.2) is 0 Å². The zero-order chi connectivity index (χ0) is 22.1. The maximum Gasteiger partial charge on any atom is 0.249 e. The second-order valence-corrected chi connectivity index (χ2v) is 8.34. The van der Waals surface area contributed by atoms with Crippen LogP contribution in [0.1, 0.15) is 31.9 Å². The first-order valence-electron chi connectivity index (χ1n) is 11.1. The SMILES string of the molecule is CC(C)CC(=O)NC(C(=O)N1CCN(CCOc2ccccc2)CC1)c1ccccc1. The van der Waals surface area contributed by atoms with Gasteiger partial charge in [-0.15, -0.1) is 0 Å². The molecule has 1 unspecified atom stereocenters. The van der Waals surface area contributed by atoms with E-state index >= 15 is 0 Å². The number of para-hydroxylation sites is 1. The molecular weight excluding hydrogens is 390 g/mol. The molecule has 166 valence electrons. The normalized spacial score (nSPS) is 15.5. The van der Waals surface area contributed by atoms with E-state index in [1.807, 2.05) is 79.4 Å². The maximum atomic E-state index is 13.3. The van der Waals surface area contributed by atoms with E-state index in [0.717, 1.165) is 30.9 Å². The predicted octanol–water partition coefficient (Wildman–Crippen LogP) is 3.11. The molecule has 0 bridgehead atoms.